The van der Waals surface area contributed by atoms with Crippen LogP contribution in [0.2, 0.25) is 0 Å². The van der Waals surface area contributed by atoms with Crippen molar-refractivity contribution in [1.82, 2.24) is 14.2 Å². The first kappa shape index (κ1) is 25.2. The normalized spacial score (nSPS) is 17.6. The molecule has 9 nitrogen and oxygen atoms in total. The number of hydrogen-bond acceptors (Lipinski definition) is 9. The lowest BCUT2D eigenvalue weighted by atomic mass is 10.2. The number of anilines is 1. The third kappa shape index (κ3) is 4.90. The number of carbonyl (C=O) groups is 1. The fourth-order valence-electron chi connectivity index (χ4n) is 3.91. The van der Waals surface area contributed by atoms with Gasteiger partial charge in [0.05, 0.1) is 9.60 Å². The van der Waals surface area contributed by atoms with E-state index < -0.39 is 25.9 Å². The van der Waals surface area contributed by atoms with Crippen LogP contribution in [0.1, 0.15) is 12.8 Å². The predicted octanol–water partition coefficient (Wildman–Crippen LogP) is 2.51. The Kier molecular flexibility index (Phi) is 7.14. The Bertz CT molecular complexity index is 1400. The zero-order chi connectivity index (χ0) is 24.7. The summed E-state index contributed by atoms with van der Waals surface area (Å²) in [5, 5.41) is 2.06. The minimum atomic E-state index is -3.79. The molecular weight excluding hydrogens is 517 g/mol. The molecule has 3 heterocycles. The summed E-state index contributed by atoms with van der Waals surface area (Å²) in [5.41, 5.74) is 0.321. The second-order valence-corrected chi connectivity index (χ2v) is 14.4. The maximum absolute atomic E-state index is 13.8. The van der Waals surface area contributed by atoms with Gasteiger partial charge in [-0.25, -0.2) is 21.8 Å². The lowest BCUT2D eigenvalue weighted by Gasteiger charge is -2.29. The van der Waals surface area contributed by atoms with E-state index in [2.05, 4.69) is 4.98 Å². The van der Waals surface area contributed by atoms with Crippen LogP contribution in [0.4, 0.5) is 5.13 Å². The van der Waals surface area contributed by atoms with Gasteiger partial charge in [0.15, 0.2) is 15.0 Å². The number of likely N-dealkylation sites (N-methyl/N-ethyl adjacent to an activating group) is 1. The number of sulfonamides is 1. The van der Waals surface area contributed by atoms with Crippen molar-refractivity contribution in [3.8, 4) is 0 Å². The van der Waals surface area contributed by atoms with Gasteiger partial charge >= 0.3 is 0 Å². The Balaban J connectivity index is 1.74. The maximum Gasteiger partial charge on any atom is 0.253 e. The monoisotopic (exact) mass is 542 g/mol. The summed E-state index contributed by atoms with van der Waals surface area (Å²) < 4.78 is 53.1. The number of carbonyl (C=O) groups excluding carboxylic acids is 1. The second-order valence-electron chi connectivity index (χ2n) is 8.37. The molecule has 4 rings (SSSR count). The molecule has 1 saturated heterocycles. The number of hydrogen-bond donors (Lipinski definition) is 0. The molecule has 0 radical (unpaired) electrons. The van der Waals surface area contributed by atoms with Crippen LogP contribution < -0.4 is 4.90 Å². The second kappa shape index (κ2) is 9.63. The fourth-order valence-corrected chi connectivity index (χ4v) is 8.60. The van der Waals surface area contributed by atoms with Gasteiger partial charge in [-0.05, 0) is 50.5 Å². The average molecular weight is 543 g/mol. The smallest absolute Gasteiger partial charge is 0.253 e. The molecule has 13 heteroatoms. The standard InChI is InChI=1S/C21H26N4O5S4/c1-23(2)12-13-24(21-22-19-16(32-21)8-4-9-17(19)33(3,27)28)20(26)15-7-5-11-25(15)34(29,30)18-10-6-14-31-18/h4,6,8-10,14-15H,5,7,11-13H2,1-3H3. The lowest BCUT2D eigenvalue weighted by molar-refractivity contribution is -0.121. The van der Waals surface area contributed by atoms with E-state index in [1.54, 1.807) is 29.6 Å². The summed E-state index contributed by atoms with van der Waals surface area (Å²) >= 11 is 2.35. The molecule has 1 aliphatic heterocycles. The number of benzene rings is 1. The van der Waals surface area contributed by atoms with Crippen molar-refractivity contribution in [2.75, 3.05) is 44.9 Å². The molecule has 1 aliphatic rings. The summed E-state index contributed by atoms with van der Waals surface area (Å²) in [7, 11) is -3.54. The number of sulfone groups is 1. The van der Waals surface area contributed by atoms with Gasteiger partial charge in [-0.15, -0.1) is 11.3 Å². The van der Waals surface area contributed by atoms with Crippen LogP contribution in [0.25, 0.3) is 10.2 Å². The van der Waals surface area contributed by atoms with Crippen LogP contribution in [0.3, 0.4) is 0 Å². The van der Waals surface area contributed by atoms with E-state index in [-0.39, 0.29) is 21.6 Å². The lowest BCUT2D eigenvalue weighted by Crippen LogP contribution is -2.49. The molecular formula is C21H26N4O5S4. The molecule has 184 valence electrons. The SMILES string of the molecule is CN(C)CCN(C(=O)C1CCCN1S(=O)(=O)c1cccs1)c1nc2c(S(C)(=O)=O)cccc2s1. The minimum Gasteiger partial charge on any atom is -0.308 e. The highest BCUT2D eigenvalue weighted by Gasteiger charge is 2.42. The molecule has 1 atom stereocenters. The topological polar surface area (TPSA) is 108 Å². The van der Waals surface area contributed by atoms with Crippen LogP contribution in [0.5, 0.6) is 0 Å². The summed E-state index contributed by atoms with van der Waals surface area (Å²) in [5.74, 6) is -0.348. The number of fused-ring (bicyclic) bond motifs is 1. The van der Waals surface area contributed by atoms with E-state index in [1.165, 1.54) is 26.6 Å². The molecule has 2 aromatic heterocycles. The molecule has 0 N–H and O–H groups in total. The molecule has 0 aliphatic carbocycles. The van der Waals surface area contributed by atoms with E-state index in [1.807, 2.05) is 19.0 Å². The van der Waals surface area contributed by atoms with Crippen molar-refractivity contribution in [3.05, 3.63) is 35.7 Å². The van der Waals surface area contributed by atoms with Crippen LogP contribution in [-0.2, 0) is 24.7 Å². The zero-order valence-electron chi connectivity index (χ0n) is 19.0. The third-order valence-electron chi connectivity index (χ3n) is 5.58. The van der Waals surface area contributed by atoms with Gasteiger partial charge in [-0.1, -0.05) is 23.5 Å². The van der Waals surface area contributed by atoms with Gasteiger partial charge in [0.2, 0.25) is 5.91 Å². The van der Waals surface area contributed by atoms with Crippen LogP contribution in [0.15, 0.2) is 44.8 Å². The minimum absolute atomic E-state index is 0.107. The number of aromatic nitrogens is 1. The van der Waals surface area contributed by atoms with E-state index in [0.29, 0.717) is 41.3 Å². The molecule has 0 saturated carbocycles. The zero-order valence-corrected chi connectivity index (χ0v) is 22.3. The average Bonchev–Trinajstić information content (AvgIpc) is 3.52. The molecule has 1 fully saturated rings. The first-order chi connectivity index (χ1) is 16.0. The number of rotatable bonds is 8. The number of thiophene rings is 1. The van der Waals surface area contributed by atoms with E-state index in [4.69, 9.17) is 0 Å². The van der Waals surface area contributed by atoms with Gasteiger partial charge in [0.1, 0.15) is 15.8 Å². The maximum atomic E-state index is 13.8. The molecule has 1 unspecified atom stereocenters. The highest BCUT2D eigenvalue weighted by atomic mass is 32.2. The van der Waals surface area contributed by atoms with Gasteiger partial charge in [-0.2, -0.15) is 4.31 Å². The van der Waals surface area contributed by atoms with Crippen molar-refractivity contribution in [2.24, 2.45) is 0 Å². The summed E-state index contributed by atoms with van der Waals surface area (Å²) in [6.45, 7) is 1.10. The van der Waals surface area contributed by atoms with Crippen molar-refractivity contribution in [2.45, 2.75) is 28.0 Å². The largest absolute Gasteiger partial charge is 0.308 e. The van der Waals surface area contributed by atoms with Gasteiger partial charge < -0.3 is 4.90 Å². The Morgan fingerprint density at radius 2 is 1.91 bits per heavy atom. The summed E-state index contributed by atoms with van der Waals surface area (Å²) in [6, 6.07) is 7.30. The first-order valence-electron chi connectivity index (χ1n) is 10.6. The van der Waals surface area contributed by atoms with Gasteiger partial charge in [0.25, 0.3) is 10.0 Å². The number of thiazole rings is 1. The summed E-state index contributed by atoms with van der Waals surface area (Å²) in [6.07, 6.45) is 2.13. The van der Waals surface area contributed by atoms with Crippen molar-refractivity contribution in [3.63, 3.8) is 0 Å². The molecule has 0 bridgehead atoms. The predicted molar refractivity (Wildman–Crippen MR) is 135 cm³/mol. The van der Waals surface area contributed by atoms with E-state index in [9.17, 15) is 21.6 Å². The number of amides is 1. The number of para-hydroxylation sites is 1. The van der Waals surface area contributed by atoms with Crippen molar-refractivity contribution >= 4 is 63.8 Å². The Labute approximate surface area is 207 Å². The first-order valence-corrected chi connectivity index (χ1v) is 15.6. The van der Waals surface area contributed by atoms with Crippen molar-refractivity contribution < 1.29 is 21.6 Å². The number of nitrogens with zero attached hydrogens (tertiary/aromatic N) is 4. The molecule has 34 heavy (non-hydrogen) atoms. The van der Waals surface area contributed by atoms with Gasteiger partial charge in [-0.3, -0.25) is 9.69 Å². The molecule has 0 spiro atoms. The molecule has 1 amide bonds. The quantitative estimate of drug-likeness (QED) is 0.430. The Hall–Kier alpha value is -1.90. The van der Waals surface area contributed by atoms with Crippen LogP contribution in [-0.4, -0.2) is 83.0 Å². The highest BCUT2D eigenvalue weighted by molar-refractivity contribution is 7.91. The fraction of sp³-hybridized carbons (Fsp3) is 0.429. The molecule has 1 aromatic carbocycles. The highest BCUT2D eigenvalue weighted by Crippen LogP contribution is 2.35. The third-order valence-corrected chi connectivity index (χ3v) is 11.0. The Morgan fingerprint density at radius 1 is 1.15 bits per heavy atom. The van der Waals surface area contributed by atoms with E-state index >= 15 is 0 Å². The molecule has 3 aromatic rings. The van der Waals surface area contributed by atoms with Gasteiger partial charge in [0, 0.05) is 25.9 Å². The summed E-state index contributed by atoms with van der Waals surface area (Å²) in [4.78, 5) is 21.9. The van der Waals surface area contributed by atoms with Crippen molar-refractivity contribution in [1.29, 1.82) is 0 Å². The van der Waals surface area contributed by atoms with Crippen LogP contribution in [0, 0.1) is 0 Å². The Morgan fingerprint density at radius 3 is 2.56 bits per heavy atom. The van der Waals surface area contributed by atoms with Crippen LogP contribution >= 0.6 is 22.7 Å². The van der Waals surface area contributed by atoms with E-state index in [0.717, 1.165) is 17.6 Å².